The summed E-state index contributed by atoms with van der Waals surface area (Å²) in [6, 6.07) is 48.2. The van der Waals surface area contributed by atoms with E-state index < -0.39 is 5.41 Å². The van der Waals surface area contributed by atoms with Crippen molar-refractivity contribution < 1.29 is 0 Å². The van der Waals surface area contributed by atoms with Crippen molar-refractivity contribution in [3.63, 3.8) is 0 Å². The van der Waals surface area contributed by atoms with E-state index in [9.17, 15) is 5.26 Å². The van der Waals surface area contributed by atoms with Gasteiger partial charge in [0.2, 0.25) is 0 Å². The fourth-order valence-electron chi connectivity index (χ4n) is 7.61. The molecule has 41 heavy (non-hydrogen) atoms. The summed E-state index contributed by atoms with van der Waals surface area (Å²) in [6.07, 6.45) is 1.74. The van der Waals surface area contributed by atoms with Crippen molar-refractivity contribution in [3.8, 4) is 39.6 Å². The van der Waals surface area contributed by atoms with Crippen molar-refractivity contribution in [2.75, 3.05) is 0 Å². The quantitative estimate of drug-likeness (QED) is 0.217. The number of hydrogen-bond donors (Lipinski definition) is 0. The van der Waals surface area contributed by atoms with Crippen LogP contribution in [0.4, 0.5) is 0 Å². The fourth-order valence-corrected chi connectivity index (χ4v) is 7.61. The summed E-state index contributed by atoms with van der Waals surface area (Å²) < 4.78 is 0. The summed E-state index contributed by atoms with van der Waals surface area (Å²) >= 11 is 0. The van der Waals surface area contributed by atoms with Crippen molar-refractivity contribution in [1.82, 2.24) is 4.98 Å². The highest BCUT2D eigenvalue weighted by Crippen LogP contribution is 2.65. The van der Waals surface area contributed by atoms with Gasteiger partial charge in [0.25, 0.3) is 0 Å². The summed E-state index contributed by atoms with van der Waals surface area (Å²) in [6.45, 7) is 0. The van der Waals surface area contributed by atoms with Crippen LogP contribution in [0.3, 0.4) is 0 Å². The number of pyridine rings is 1. The maximum Gasteiger partial charge on any atom is 0.0992 e. The minimum atomic E-state index is -0.465. The number of nitriles is 1. The smallest absolute Gasteiger partial charge is 0.0992 e. The molecule has 7 aromatic rings. The Kier molecular flexibility index (Phi) is 4.36. The van der Waals surface area contributed by atoms with Gasteiger partial charge in [-0.3, -0.25) is 4.98 Å². The van der Waals surface area contributed by atoms with Crippen LogP contribution >= 0.6 is 0 Å². The topological polar surface area (TPSA) is 36.7 Å². The van der Waals surface area contributed by atoms with Crippen LogP contribution in [0.2, 0.25) is 0 Å². The molecule has 0 radical (unpaired) electrons. The van der Waals surface area contributed by atoms with Crippen molar-refractivity contribution >= 4 is 21.5 Å². The van der Waals surface area contributed by atoms with Gasteiger partial charge in [-0.15, -0.1) is 0 Å². The first-order chi connectivity index (χ1) is 20.3. The van der Waals surface area contributed by atoms with Crippen LogP contribution in [-0.4, -0.2) is 4.98 Å². The molecule has 2 aliphatic carbocycles. The fraction of sp³-hybridized carbons (Fsp3) is 0.0256. The number of fused-ring (bicyclic) bond motifs is 14. The maximum absolute atomic E-state index is 9.70. The Morgan fingerprint density at radius 2 is 1.15 bits per heavy atom. The summed E-state index contributed by atoms with van der Waals surface area (Å²) in [5, 5.41) is 14.6. The standard InChI is InChI=1S/C39H22N2/c40-23-24-19-20-41-36(21-24)31-22-35-38(30-14-4-3-11-27(30)31)37-26-10-2-1-9-25(26)17-18-34(37)39(35)32-15-7-5-12-28(32)29-13-6-8-16-33(29)39/h1-22H. The molecule has 2 nitrogen and oxygen atoms in total. The molecule has 1 heterocycles. The highest BCUT2D eigenvalue weighted by molar-refractivity contribution is 6.16. The van der Waals surface area contributed by atoms with E-state index in [-0.39, 0.29) is 0 Å². The van der Waals surface area contributed by atoms with E-state index in [4.69, 9.17) is 4.98 Å². The highest BCUT2D eigenvalue weighted by Gasteiger charge is 2.52. The molecule has 0 atom stereocenters. The molecule has 0 N–H and O–H groups in total. The van der Waals surface area contributed by atoms with Crippen LogP contribution in [0.1, 0.15) is 27.8 Å². The Balaban J connectivity index is 1.54. The van der Waals surface area contributed by atoms with E-state index in [1.807, 2.05) is 6.07 Å². The van der Waals surface area contributed by atoms with Gasteiger partial charge in [0, 0.05) is 11.8 Å². The second-order valence-corrected chi connectivity index (χ2v) is 11.0. The van der Waals surface area contributed by atoms with Crippen LogP contribution in [0.5, 0.6) is 0 Å². The zero-order valence-corrected chi connectivity index (χ0v) is 22.1. The van der Waals surface area contributed by atoms with Crippen LogP contribution in [0.15, 0.2) is 134 Å². The molecule has 188 valence electrons. The number of aromatic nitrogens is 1. The van der Waals surface area contributed by atoms with Crippen molar-refractivity contribution in [3.05, 3.63) is 161 Å². The molecule has 0 unspecified atom stereocenters. The highest BCUT2D eigenvalue weighted by atomic mass is 14.7. The molecular weight excluding hydrogens is 496 g/mol. The Morgan fingerprint density at radius 1 is 0.512 bits per heavy atom. The van der Waals surface area contributed by atoms with Crippen molar-refractivity contribution in [2.45, 2.75) is 5.41 Å². The van der Waals surface area contributed by atoms with Gasteiger partial charge in [-0.1, -0.05) is 109 Å². The SMILES string of the molecule is N#Cc1ccnc(-c2cc3c(c4ccccc24)-c2c(ccc4ccccc24)C32c3ccccc3-c3ccccc32)c1. The number of hydrogen-bond acceptors (Lipinski definition) is 2. The molecule has 0 saturated carbocycles. The zero-order chi connectivity index (χ0) is 27.1. The van der Waals surface area contributed by atoms with Gasteiger partial charge < -0.3 is 0 Å². The second-order valence-electron chi connectivity index (χ2n) is 11.0. The van der Waals surface area contributed by atoms with Gasteiger partial charge in [-0.25, -0.2) is 0 Å². The predicted molar refractivity (Wildman–Crippen MR) is 166 cm³/mol. The van der Waals surface area contributed by atoms with Gasteiger partial charge in [0.05, 0.1) is 22.7 Å². The first kappa shape index (κ1) is 22.3. The third kappa shape index (κ3) is 2.73. The first-order valence-electron chi connectivity index (χ1n) is 14.0. The molecule has 0 saturated heterocycles. The number of rotatable bonds is 1. The average Bonchev–Trinajstić information content (AvgIpc) is 3.52. The largest absolute Gasteiger partial charge is 0.256 e. The molecule has 0 amide bonds. The molecule has 2 heteroatoms. The first-order valence-corrected chi connectivity index (χ1v) is 14.0. The summed E-state index contributed by atoms with van der Waals surface area (Å²) in [5.41, 5.74) is 12.4. The van der Waals surface area contributed by atoms with E-state index in [1.165, 1.54) is 60.7 Å². The summed E-state index contributed by atoms with van der Waals surface area (Å²) in [5.74, 6) is 0. The molecular formula is C39H22N2. The third-order valence-electron chi connectivity index (χ3n) is 9.15. The third-order valence-corrected chi connectivity index (χ3v) is 9.15. The lowest BCUT2D eigenvalue weighted by molar-refractivity contribution is 0.795. The Labute approximate surface area is 237 Å². The van der Waals surface area contributed by atoms with Crippen molar-refractivity contribution in [1.29, 1.82) is 5.26 Å². The molecule has 0 bridgehead atoms. The van der Waals surface area contributed by atoms with Crippen LogP contribution in [0, 0.1) is 11.3 Å². The monoisotopic (exact) mass is 518 g/mol. The molecule has 1 aromatic heterocycles. The average molecular weight is 519 g/mol. The van der Waals surface area contributed by atoms with Crippen LogP contribution in [0.25, 0.3) is 55.1 Å². The maximum atomic E-state index is 9.70. The van der Waals surface area contributed by atoms with Crippen LogP contribution < -0.4 is 0 Å². The van der Waals surface area contributed by atoms with Gasteiger partial charge in [-0.2, -0.15) is 5.26 Å². The van der Waals surface area contributed by atoms with E-state index in [1.54, 1.807) is 12.3 Å². The second kappa shape index (κ2) is 8.01. The molecule has 0 fully saturated rings. The number of benzene rings is 6. The molecule has 0 aliphatic heterocycles. The van der Waals surface area contributed by atoms with Gasteiger partial charge in [0.1, 0.15) is 0 Å². The lowest BCUT2D eigenvalue weighted by Gasteiger charge is -2.31. The molecule has 9 rings (SSSR count). The van der Waals surface area contributed by atoms with E-state index in [0.717, 1.165) is 16.6 Å². The van der Waals surface area contributed by atoms with Gasteiger partial charge in [-0.05, 0) is 84.3 Å². The lowest BCUT2D eigenvalue weighted by atomic mass is 9.70. The van der Waals surface area contributed by atoms with Crippen LogP contribution in [-0.2, 0) is 5.41 Å². The zero-order valence-electron chi connectivity index (χ0n) is 22.1. The Morgan fingerprint density at radius 3 is 1.90 bits per heavy atom. The van der Waals surface area contributed by atoms with E-state index in [2.05, 4.69) is 121 Å². The van der Waals surface area contributed by atoms with Gasteiger partial charge >= 0.3 is 0 Å². The molecule has 6 aromatic carbocycles. The van der Waals surface area contributed by atoms with Crippen molar-refractivity contribution in [2.24, 2.45) is 0 Å². The lowest BCUT2D eigenvalue weighted by Crippen LogP contribution is -2.26. The van der Waals surface area contributed by atoms with E-state index in [0.29, 0.717) is 5.56 Å². The Bertz CT molecular complexity index is 2240. The number of nitrogens with zero attached hydrogens (tertiary/aromatic N) is 2. The molecule has 1 spiro atoms. The minimum Gasteiger partial charge on any atom is -0.256 e. The summed E-state index contributed by atoms with van der Waals surface area (Å²) in [4.78, 5) is 4.78. The predicted octanol–water partition coefficient (Wildman–Crippen LogP) is 9.27. The molecule has 2 aliphatic rings. The normalized spacial score (nSPS) is 13.5. The Hall–Kier alpha value is -5.52. The van der Waals surface area contributed by atoms with Gasteiger partial charge in [0.15, 0.2) is 0 Å². The minimum absolute atomic E-state index is 0.465. The van der Waals surface area contributed by atoms with E-state index >= 15 is 0 Å². The summed E-state index contributed by atoms with van der Waals surface area (Å²) in [7, 11) is 0.